The van der Waals surface area contributed by atoms with Gasteiger partial charge in [0.25, 0.3) is 0 Å². The van der Waals surface area contributed by atoms with Crippen LogP contribution in [0.4, 0.5) is 11.5 Å². The van der Waals surface area contributed by atoms with Gasteiger partial charge in [0, 0.05) is 42.5 Å². The lowest BCUT2D eigenvalue weighted by Crippen LogP contribution is -2.08. The lowest BCUT2D eigenvalue weighted by Gasteiger charge is -2.12. The molecule has 3 aromatic rings. The highest BCUT2D eigenvalue weighted by Crippen LogP contribution is 2.35. The van der Waals surface area contributed by atoms with Crippen molar-refractivity contribution in [2.45, 2.75) is 26.2 Å². The molecular weight excluding hydrogens is 356 g/mol. The van der Waals surface area contributed by atoms with Crippen molar-refractivity contribution >= 4 is 23.1 Å². The van der Waals surface area contributed by atoms with Crippen LogP contribution >= 0.6 is 11.6 Å². The Balaban J connectivity index is 1.86. The van der Waals surface area contributed by atoms with E-state index >= 15 is 0 Å². The van der Waals surface area contributed by atoms with Gasteiger partial charge in [0.05, 0.1) is 11.4 Å². The van der Waals surface area contributed by atoms with E-state index in [1.54, 1.807) is 0 Å². The third-order valence-electron chi connectivity index (χ3n) is 5.17. The van der Waals surface area contributed by atoms with Crippen molar-refractivity contribution in [3.8, 4) is 16.9 Å². The highest BCUT2D eigenvalue weighted by atomic mass is 35.5. The van der Waals surface area contributed by atoms with Crippen LogP contribution in [0.3, 0.4) is 0 Å². The molecule has 4 nitrogen and oxygen atoms in total. The molecule has 5 heteroatoms. The molecule has 4 rings (SSSR count). The van der Waals surface area contributed by atoms with Crippen LogP contribution in [0, 0.1) is 6.92 Å². The lowest BCUT2D eigenvalue weighted by atomic mass is 10.0. The number of aromatic nitrogens is 2. The molecular formula is C22H25ClN4. The topological polar surface area (TPSA) is 33.1 Å². The number of halogens is 1. The molecule has 1 N–H and O–H groups in total. The fourth-order valence-corrected chi connectivity index (χ4v) is 3.91. The van der Waals surface area contributed by atoms with E-state index in [9.17, 15) is 0 Å². The minimum absolute atomic E-state index is 0.752. The molecule has 27 heavy (non-hydrogen) atoms. The van der Waals surface area contributed by atoms with Gasteiger partial charge in [0.2, 0.25) is 0 Å². The van der Waals surface area contributed by atoms with E-state index in [0.29, 0.717) is 0 Å². The number of anilines is 2. The van der Waals surface area contributed by atoms with Crippen molar-refractivity contribution in [3.05, 3.63) is 58.6 Å². The van der Waals surface area contributed by atoms with E-state index in [-0.39, 0.29) is 0 Å². The molecule has 0 spiro atoms. The molecule has 0 saturated carbocycles. The smallest absolute Gasteiger partial charge is 0.133 e. The molecule has 2 aromatic carbocycles. The molecule has 0 bridgehead atoms. The number of hydrogen-bond acceptors (Lipinski definition) is 3. The second-order valence-corrected chi connectivity index (χ2v) is 7.78. The van der Waals surface area contributed by atoms with Crippen LogP contribution in [0.15, 0.2) is 42.5 Å². The van der Waals surface area contributed by atoms with Gasteiger partial charge in [-0.2, -0.15) is 5.10 Å². The fraction of sp³-hybridized carbons (Fsp3) is 0.318. The summed E-state index contributed by atoms with van der Waals surface area (Å²) in [5.41, 5.74) is 6.91. The number of rotatable bonds is 3. The van der Waals surface area contributed by atoms with Gasteiger partial charge < -0.3 is 10.2 Å². The number of nitrogens with one attached hydrogen (secondary N) is 1. The van der Waals surface area contributed by atoms with E-state index in [2.05, 4.69) is 66.2 Å². The number of nitrogens with zero attached hydrogens (tertiary/aromatic N) is 3. The monoisotopic (exact) mass is 380 g/mol. The lowest BCUT2D eigenvalue weighted by molar-refractivity contribution is 0.779. The Morgan fingerprint density at radius 2 is 1.85 bits per heavy atom. The number of benzene rings is 2. The van der Waals surface area contributed by atoms with E-state index < -0.39 is 0 Å². The summed E-state index contributed by atoms with van der Waals surface area (Å²) in [5, 5.41) is 9.40. The molecule has 2 heterocycles. The van der Waals surface area contributed by atoms with Gasteiger partial charge in [-0.15, -0.1) is 0 Å². The van der Waals surface area contributed by atoms with Gasteiger partial charge in [-0.3, -0.25) is 0 Å². The number of fused-ring (bicyclic) bond motifs is 1. The number of aryl methyl sites for hydroxylation is 1. The first-order valence-electron chi connectivity index (χ1n) is 9.44. The molecule has 0 amide bonds. The second-order valence-electron chi connectivity index (χ2n) is 7.34. The Morgan fingerprint density at radius 3 is 2.56 bits per heavy atom. The van der Waals surface area contributed by atoms with Crippen LogP contribution in [0.5, 0.6) is 0 Å². The Morgan fingerprint density at radius 1 is 1.07 bits per heavy atom. The highest BCUT2D eigenvalue weighted by Gasteiger charge is 2.22. The van der Waals surface area contributed by atoms with Crippen LogP contribution in [0.25, 0.3) is 16.9 Å². The zero-order valence-electron chi connectivity index (χ0n) is 16.1. The number of hydrogen-bond donors (Lipinski definition) is 1. The zero-order valence-corrected chi connectivity index (χ0v) is 16.8. The zero-order chi connectivity index (χ0) is 19.0. The summed E-state index contributed by atoms with van der Waals surface area (Å²) in [6.45, 7) is 3.06. The summed E-state index contributed by atoms with van der Waals surface area (Å²) in [6.07, 6.45) is 3.39. The van der Waals surface area contributed by atoms with Gasteiger partial charge in [0.1, 0.15) is 5.82 Å². The van der Waals surface area contributed by atoms with Gasteiger partial charge in [-0.25, -0.2) is 4.68 Å². The average molecular weight is 381 g/mol. The average Bonchev–Trinajstić information content (AvgIpc) is 2.83. The molecule has 1 aliphatic heterocycles. The summed E-state index contributed by atoms with van der Waals surface area (Å²) in [5.74, 6) is 1.12. The summed E-state index contributed by atoms with van der Waals surface area (Å²) in [4.78, 5) is 2.11. The first-order valence-corrected chi connectivity index (χ1v) is 9.82. The molecule has 1 aromatic heterocycles. The minimum Gasteiger partial charge on any atom is -0.378 e. The second kappa shape index (κ2) is 7.28. The van der Waals surface area contributed by atoms with E-state index in [4.69, 9.17) is 16.7 Å². The fourth-order valence-electron chi connectivity index (χ4n) is 3.68. The largest absolute Gasteiger partial charge is 0.378 e. The first kappa shape index (κ1) is 17.9. The van der Waals surface area contributed by atoms with Crippen LogP contribution in [0.1, 0.15) is 24.0 Å². The minimum atomic E-state index is 0.752. The normalized spacial score (nSPS) is 13.6. The predicted octanol–water partition coefficient (Wildman–Crippen LogP) is 5.32. The van der Waals surface area contributed by atoms with Gasteiger partial charge in [0.15, 0.2) is 0 Å². The van der Waals surface area contributed by atoms with Crippen molar-refractivity contribution < 1.29 is 0 Å². The van der Waals surface area contributed by atoms with Crippen molar-refractivity contribution in [3.63, 3.8) is 0 Å². The van der Waals surface area contributed by atoms with Crippen LogP contribution in [0.2, 0.25) is 5.02 Å². The SMILES string of the molecule is Cc1cc(Cl)ccc1-n1nc(-c2ccc(N(C)C)cc2)c2c1NCCCC2. The molecule has 140 valence electrons. The molecule has 1 aliphatic rings. The van der Waals surface area contributed by atoms with Crippen molar-refractivity contribution in [1.29, 1.82) is 0 Å². The van der Waals surface area contributed by atoms with E-state index in [1.807, 2.05) is 12.1 Å². The van der Waals surface area contributed by atoms with Crippen molar-refractivity contribution in [1.82, 2.24) is 9.78 Å². The van der Waals surface area contributed by atoms with Crippen LogP contribution in [-0.4, -0.2) is 30.4 Å². The van der Waals surface area contributed by atoms with E-state index in [0.717, 1.165) is 46.3 Å². The van der Waals surface area contributed by atoms with Crippen LogP contribution in [-0.2, 0) is 6.42 Å². The molecule has 0 saturated heterocycles. The Labute approximate surface area is 165 Å². The quantitative estimate of drug-likeness (QED) is 0.667. The Hall–Kier alpha value is -2.46. The first-order chi connectivity index (χ1) is 13.0. The summed E-state index contributed by atoms with van der Waals surface area (Å²) >= 11 is 6.17. The Bertz CT molecular complexity index is 957. The molecule has 0 radical (unpaired) electrons. The summed E-state index contributed by atoms with van der Waals surface area (Å²) in [7, 11) is 4.12. The maximum Gasteiger partial charge on any atom is 0.133 e. The predicted molar refractivity (Wildman–Crippen MR) is 115 cm³/mol. The standard InChI is InChI=1S/C22H25ClN4/c1-15-14-17(23)9-12-20(15)27-22-19(6-4-5-13-24-22)21(25-27)16-7-10-18(11-8-16)26(2)3/h7-12,14,24H,4-6,13H2,1-3H3. The maximum absolute atomic E-state index is 6.17. The van der Waals surface area contributed by atoms with Crippen molar-refractivity contribution in [2.24, 2.45) is 0 Å². The van der Waals surface area contributed by atoms with Crippen molar-refractivity contribution in [2.75, 3.05) is 30.9 Å². The maximum atomic E-state index is 6.17. The summed E-state index contributed by atoms with van der Waals surface area (Å²) < 4.78 is 2.06. The molecule has 0 atom stereocenters. The third kappa shape index (κ3) is 3.42. The summed E-state index contributed by atoms with van der Waals surface area (Å²) in [6, 6.07) is 14.6. The van der Waals surface area contributed by atoms with E-state index in [1.165, 1.54) is 24.1 Å². The highest BCUT2D eigenvalue weighted by molar-refractivity contribution is 6.30. The molecule has 0 unspecified atom stereocenters. The third-order valence-corrected chi connectivity index (χ3v) is 5.41. The molecule has 0 fully saturated rings. The van der Waals surface area contributed by atoms with Gasteiger partial charge in [-0.05, 0) is 62.1 Å². The Kier molecular flexibility index (Phi) is 4.83. The van der Waals surface area contributed by atoms with Crippen LogP contribution < -0.4 is 10.2 Å². The van der Waals surface area contributed by atoms with Gasteiger partial charge in [-0.1, -0.05) is 23.7 Å². The van der Waals surface area contributed by atoms with Gasteiger partial charge >= 0.3 is 0 Å². The molecule has 0 aliphatic carbocycles.